The highest BCUT2D eigenvalue weighted by Gasteiger charge is 2.14. The van der Waals surface area contributed by atoms with Gasteiger partial charge in [0.25, 0.3) is 0 Å². The van der Waals surface area contributed by atoms with Crippen LogP contribution >= 0.6 is 0 Å². The van der Waals surface area contributed by atoms with Crippen molar-refractivity contribution in [3.63, 3.8) is 0 Å². The minimum Gasteiger partial charge on any atom is -0.380 e. The van der Waals surface area contributed by atoms with Crippen LogP contribution in [0.2, 0.25) is 0 Å². The SMILES string of the molecule is COC(C)(C)CNCCOCC(C)C. The van der Waals surface area contributed by atoms with E-state index in [9.17, 15) is 0 Å². The predicted octanol–water partition coefficient (Wildman–Crippen LogP) is 1.67. The third kappa shape index (κ3) is 8.48. The molecule has 0 spiro atoms. The monoisotopic (exact) mass is 203 g/mol. The molecule has 0 saturated carbocycles. The van der Waals surface area contributed by atoms with Crippen LogP contribution in [0.25, 0.3) is 0 Å². The molecule has 0 amide bonds. The molecule has 0 aliphatic rings. The van der Waals surface area contributed by atoms with Gasteiger partial charge >= 0.3 is 0 Å². The van der Waals surface area contributed by atoms with Gasteiger partial charge in [-0.25, -0.2) is 0 Å². The Balaban J connectivity index is 3.21. The smallest absolute Gasteiger partial charge is 0.0746 e. The molecule has 0 aliphatic heterocycles. The van der Waals surface area contributed by atoms with Crippen molar-refractivity contribution >= 4 is 0 Å². The fraction of sp³-hybridized carbons (Fsp3) is 1.00. The second kappa shape index (κ2) is 7.21. The fourth-order valence-corrected chi connectivity index (χ4v) is 0.925. The second-order valence-corrected chi connectivity index (χ2v) is 4.61. The highest BCUT2D eigenvalue weighted by Crippen LogP contribution is 2.04. The molecular formula is C11H25NO2. The average Bonchev–Trinajstić information content (AvgIpc) is 2.10. The van der Waals surface area contributed by atoms with Crippen LogP contribution < -0.4 is 5.32 Å². The average molecular weight is 203 g/mol. The molecule has 0 radical (unpaired) electrons. The molecule has 3 nitrogen and oxygen atoms in total. The Morgan fingerprint density at radius 1 is 1.29 bits per heavy atom. The summed E-state index contributed by atoms with van der Waals surface area (Å²) in [5.74, 6) is 0.616. The van der Waals surface area contributed by atoms with Gasteiger partial charge < -0.3 is 14.8 Å². The molecule has 0 aliphatic carbocycles. The van der Waals surface area contributed by atoms with E-state index in [0.717, 1.165) is 26.3 Å². The van der Waals surface area contributed by atoms with E-state index in [-0.39, 0.29) is 5.60 Å². The maximum absolute atomic E-state index is 5.44. The standard InChI is InChI=1S/C11H25NO2/c1-10(2)8-14-7-6-12-9-11(3,4)13-5/h10,12H,6-9H2,1-5H3. The zero-order valence-electron chi connectivity index (χ0n) is 10.2. The van der Waals surface area contributed by atoms with Gasteiger partial charge in [-0.15, -0.1) is 0 Å². The van der Waals surface area contributed by atoms with Crippen LogP contribution in [0.4, 0.5) is 0 Å². The molecule has 0 bridgehead atoms. The molecule has 14 heavy (non-hydrogen) atoms. The highest BCUT2D eigenvalue weighted by molar-refractivity contribution is 4.70. The topological polar surface area (TPSA) is 30.5 Å². The molecule has 86 valence electrons. The number of methoxy groups -OCH3 is 1. The van der Waals surface area contributed by atoms with Gasteiger partial charge in [0.05, 0.1) is 12.2 Å². The second-order valence-electron chi connectivity index (χ2n) is 4.61. The lowest BCUT2D eigenvalue weighted by Crippen LogP contribution is -2.38. The number of ether oxygens (including phenoxy) is 2. The molecule has 0 saturated heterocycles. The first-order valence-corrected chi connectivity index (χ1v) is 5.31. The molecule has 0 aromatic rings. The van der Waals surface area contributed by atoms with Crippen molar-refractivity contribution in [3.8, 4) is 0 Å². The summed E-state index contributed by atoms with van der Waals surface area (Å²) in [6.07, 6.45) is 0. The van der Waals surface area contributed by atoms with Crippen LogP contribution in [0, 0.1) is 5.92 Å². The summed E-state index contributed by atoms with van der Waals surface area (Å²) in [5.41, 5.74) is -0.0853. The summed E-state index contributed by atoms with van der Waals surface area (Å²) < 4.78 is 10.7. The van der Waals surface area contributed by atoms with Crippen LogP contribution in [-0.4, -0.2) is 39.0 Å². The van der Waals surface area contributed by atoms with Crippen molar-refractivity contribution in [2.75, 3.05) is 33.4 Å². The molecule has 1 N–H and O–H groups in total. The van der Waals surface area contributed by atoms with Crippen LogP contribution in [0.3, 0.4) is 0 Å². The van der Waals surface area contributed by atoms with Crippen molar-refractivity contribution in [2.45, 2.75) is 33.3 Å². The lowest BCUT2D eigenvalue weighted by Gasteiger charge is -2.23. The number of nitrogens with one attached hydrogen (secondary N) is 1. The van der Waals surface area contributed by atoms with Gasteiger partial charge in [-0.05, 0) is 19.8 Å². The minimum atomic E-state index is -0.0853. The van der Waals surface area contributed by atoms with Crippen molar-refractivity contribution in [1.82, 2.24) is 5.32 Å². The van der Waals surface area contributed by atoms with Crippen LogP contribution in [-0.2, 0) is 9.47 Å². The Morgan fingerprint density at radius 3 is 2.43 bits per heavy atom. The van der Waals surface area contributed by atoms with E-state index in [0.29, 0.717) is 5.92 Å². The first kappa shape index (κ1) is 13.9. The van der Waals surface area contributed by atoms with Crippen molar-refractivity contribution in [1.29, 1.82) is 0 Å². The van der Waals surface area contributed by atoms with Crippen LogP contribution in [0.5, 0.6) is 0 Å². The van der Waals surface area contributed by atoms with E-state index in [1.807, 2.05) is 0 Å². The predicted molar refractivity (Wildman–Crippen MR) is 59.6 cm³/mol. The summed E-state index contributed by atoms with van der Waals surface area (Å²) in [5, 5.41) is 3.30. The summed E-state index contributed by atoms with van der Waals surface area (Å²) in [6.45, 7) is 11.8. The van der Waals surface area contributed by atoms with Crippen LogP contribution in [0.1, 0.15) is 27.7 Å². The lowest BCUT2D eigenvalue weighted by atomic mass is 10.1. The van der Waals surface area contributed by atoms with Gasteiger partial charge in [-0.3, -0.25) is 0 Å². The molecule has 0 rings (SSSR count). The largest absolute Gasteiger partial charge is 0.380 e. The van der Waals surface area contributed by atoms with E-state index in [1.165, 1.54) is 0 Å². The fourth-order valence-electron chi connectivity index (χ4n) is 0.925. The van der Waals surface area contributed by atoms with Crippen molar-refractivity contribution < 1.29 is 9.47 Å². The molecular weight excluding hydrogens is 178 g/mol. The van der Waals surface area contributed by atoms with E-state index in [4.69, 9.17) is 9.47 Å². The number of hydrogen-bond donors (Lipinski definition) is 1. The minimum absolute atomic E-state index is 0.0853. The maximum atomic E-state index is 5.44. The zero-order chi connectivity index (χ0) is 11.0. The van der Waals surface area contributed by atoms with E-state index >= 15 is 0 Å². The van der Waals surface area contributed by atoms with Gasteiger partial charge in [0.2, 0.25) is 0 Å². The number of rotatable bonds is 8. The Kier molecular flexibility index (Phi) is 7.15. The Labute approximate surface area is 88.2 Å². The third-order valence-corrected chi connectivity index (χ3v) is 1.98. The van der Waals surface area contributed by atoms with Gasteiger partial charge in [0.15, 0.2) is 0 Å². The van der Waals surface area contributed by atoms with E-state index in [1.54, 1.807) is 7.11 Å². The summed E-state index contributed by atoms with van der Waals surface area (Å²) in [7, 11) is 1.73. The summed E-state index contributed by atoms with van der Waals surface area (Å²) in [4.78, 5) is 0. The van der Waals surface area contributed by atoms with Crippen molar-refractivity contribution in [3.05, 3.63) is 0 Å². The molecule has 0 heterocycles. The van der Waals surface area contributed by atoms with Gasteiger partial charge in [0.1, 0.15) is 0 Å². The first-order valence-electron chi connectivity index (χ1n) is 5.31. The Hall–Kier alpha value is -0.120. The Bertz CT molecular complexity index is 135. The summed E-state index contributed by atoms with van der Waals surface area (Å²) in [6, 6.07) is 0. The number of hydrogen-bond acceptors (Lipinski definition) is 3. The normalized spacial score (nSPS) is 12.4. The van der Waals surface area contributed by atoms with Crippen molar-refractivity contribution in [2.24, 2.45) is 5.92 Å². The van der Waals surface area contributed by atoms with Crippen LogP contribution in [0.15, 0.2) is 0 Å². The molecule has 3 heteroatoms. The highest BCUT2D eigenvalue weighted by atomic mass is 16.5. The van der Waals surface area contributed by atoms with Gasteiger partial charge in [0, 0.05) is 26.8 Å². The third-order valence-electron chi connectivity index (χ3n) is 1.98. The molecule has 0 fully saturated rings. The molecule has 0 atom stereocenters. The Morgan fingerprint density at radius 2 is 1.93 bits per heavy atom. The maximum Gasteiger partial charge on any atom is 0.0746 e. The first-order chi connectivity index (χ1) is 6.48. The quantitative estimate of drug-likeness (QED) is 0.609. The van der Waals surface area contributed by atoms with E-state index < -0.39 is 0 Å². The molecule has 0 aromatic carbocycles. The van der Waals surface area contributed by atoms with Gasteiger partial charge in [-0.2, -0.15) is 0 Å². The zero-order valence-corrected chi connectivity index (χ0v) is 10.2. The summed E-state index contributed by atoms with van der Waals surface area (Å²) >= 11 is 0. The van der Waals surface area contributed by atoms with E-state index in [2.05, 4.69) is 33.0 Å². The van der Waals surface area contributed by atoms with Gasteiger partial charge in [-0.1, -0.05) is 13.8 Å². The lowest BCUT2D eigenvalue weighted by molar-refractivity contribution is 0.0210. The molecule has 0 aromatic heterocycles. The molecule has 0 unspecified atom stereocenters.